The highest BCUT2D eigenvalue weighted by molar-refractivity contribution is 5.96. The summed E-state index contributed by atoms with van der Waals surface area (Å²) in [7, 11) is 0. The Labute approximate surface area is 260 Å². The number of alkyl halides is 3. The number of amides is 1. The van der Waals surface area contributed by atoms with E-state index >= 15 is 0 Å². The van der Waals surface area contributed by atoms with Gasteiger partial charge >= 0.3 is 6.18 Å². The first kappa shape index (κ1) is 33.6. The number of nitrogens with zero attached hydrogens (tertiary/aromatic N) is 6. The smallest absolute Gasteiger partial charge is 0.435 e. The topological polar surface area (TPSA) is 188 Å². The van der Waals surface area contributed by atoms with Gasteiger partial charge in [0.15, 0.2) is 17.2 Å². The normalized spacial score (nSPS) is 11.3. The zero-order valence-electron chi connectivity index (χ0n) is 24.9. The summed E-state index contributed by atoms with van der Waals surface area (Å²) in [5.74, 6) is 0.641. The monoisotopic (exact) mass is 643 g/mol. The minimum Gasteiger partial charge on any atom is -0.483 e. The fraction of sp³-hybridized carbons (Fsp3) is 0.310. The van der Waals surface area contributed by atoms with Gasteiger partial charge in [-0.2, -0.15) is 18.3 Å². The second kappa shape index (κ2) is 15.1. The molecule has 0 saturated carbocycles. The van der Waals surface area contributed by atoms with Crippen LogP contribution in [0.4, 0.5) is 24.7 Å². The van der Waals surface area contributed by atoms with E-state index in [1.54, 1.807) is 25.1 Å². The van der Waals surface area contributed by atoms with Crippen LogP contribution in [-0.2, 0) is 28.7 Å². The summed E-state index contributed by atoms with van der Waals surface area (Å²) in [6, 6.07) is 6.89. The van der Waals surface area contributed by atoms with Crippen molar-refractivity contribution in [2.75, 3.05) is 31.6 Å². The van der Waals surface area contributed by atoms with Crippen molar-refractivity contribution in [3.8, 4) is 11.3 Å². The molecule has 0 spiro atoms. The molecule has 0 aliphatic carbocycles. The van der Waals surface area contributed by atoms with Gasteiger partial charge in [0.05, 0.1) is 37.2 Å². The van der Waals surface area contributed by atoms with E-state index in [9.17, 15) is 18.0 Å². The Hall–Kier alpha value is -5.29. The summed E-state index contributed by atoms with van der Waals surface area (Å²) in [5.41, 5.74) is 7.10. The van der Waals surface area contributed by atoms with Gasteiger partial charge in [-0.15, -0.1) is 0 Å². The average molecular weight is 644 g/mol. The number of carboxylic acid groups (broad SMARTS) is 1. The molecule has 0 aliphatic heterocycles. The standard InChI is InChI=1S/C28H30F3N9O3.CH2O2/c1-3-18-13-19(4-5-21(18)27(41)34-8-11-42-10-6-32)36-25-26-35-14-23(40(26)9-7-33-25)22-16-39(37-24(22)28(29,30)31)15-20-12-17(2)43-38-20;2-1-3/h4-5,7,9,12-14,16H,3,6,8,10-11,15,32H2,1-2H3,(H,33,36)(H,34,41);1H,(H,2,3). The number of halogens is 3. The molecule has 4 aromatic heterocycles. The molecule has 0 saturated heterocycles. The highest BCUT2D eigenvalue weighted by Crippen LogP contribution is 2.37. The van der Waals surface area contributed by atoms with E-state index in [-0.39, 0.29) is 30.2 Å². The predicted molar refractivity (Wildman–Crippen MR) is 160 cm³/mol. The molecule has 1 amide bonds. The summed E-state index contributed by atoms with van der Waals surface area (Å²) in [4.78, 5) is 29.8. The van der Waals surface area contributed by atoms with Crippen molar-refractivity contribution in [3.05, 3.63) is 77.3 Å². The maximum Gasteiger partial charge on any atom is 0.435 e. The number of carbonyl (C=O) groups excluding carboxylic acids is 1. The Morgan fingerprint density at radius 3 is 2.67 bits per heavy atom. The molecule has 5 aromatic rings. The first-order valence-corrected chi connectivity index (χ1v) is 14.0. The number of carbonyl (C=O) groups is 2. The summed E-state index contributed by atoms with van der Waals surface area (Å²) in [5, 5.41) is 20.6. The largest absolute Gasteiger partial charge is 0.483 e. The molecule has 5 N–H and O–H groups in total. The Kier molecular flexibility index (Phi) is 11.1. The minimum absolute atomic E-state index is 0.00135. The molecule has 17 heteroatoms. The zero-order chi connectivity index (χ0) is 33.3. The third kappa shape index (κ3) is 8.05. The van der Waals surface area contributed by atoms with Gasteiger partial charge in [0.1, 0.15) is 11.5 Å². The van der Waals surface area contributed by atoms with Crippen LogP contribution in [0.3, 0.4) is 0 Å². The molecule has 14 nitrogen and oxygen atoms in total. The molecule has 4 heterocycles. The van der Waals surface area contributed by atoms with Gasteiger partial charge in [-0.3, -0.25) is 18.7 Å². The van der Waals surface area contributed by atoms with Crippen LogP contribution in [0.25, 0.3) is 16.9 Å². The number of aryl methyl sites for hydroxylation is 2. The molecule has 46 heavy (non-hydrogen) atoms. The Bertz CT molecular complexity index is 1780. The average Bonchev–Trinajstić information content (AvgIpc) is 3.76. The van der Waals surface area contributed by atoms with Gasteiger partial charge in [-0.05, 0) is 37.1 Å². The lowest BCUT2D eigenvalue weighted by atomic mass is 10.0. The number of ether oxygens (including phenoxy) is 1. The van der Waals surface area contributed by atoms with Gasteiger partial charge in [0.2, 0.25) is 0 Å². The third-order valence-corrected chi connectivity index (χ3v) is 6.52. The highest BCUT2D eigenvalue weighted by Gasteiger charge is 2.38. The highest BCUT2D eigenvalue weighted by atomic mass is 19.4. The van der Waals surface area contributed by atoms with Crippen molar-refractivity contribution >= 4 is 29.5 Å². The molecule has 0 radical (unpaired) electrons. The van der Waals surface area contributed by atoms with Crippen molar-refractivity contribution in [1.82, 2.24) is 34.6 Å². The van der Waals surface area contributed by atoms with Gasteiger partial charge in [0, 0.05) is 49.0 Å². The number of nitrogens with two attached hydrogens (primary N) is 1. The van der Waals surface area contributed by atoms with E-state index in [1.807, 2.05) is 13.0 Å². The number of nitrogens with one attached hydrogen (secondary N) is 2. The van der Waals surface area contributed by atoms with Crippen molar-refractivity contribution < 1.29 is 37.1 Å². The van der Waals surface area contributed by atoms with Crippen LogP contribution in [0, 0.1) is 6.92 Å². The fourth-order valence-electron chi connectivity index (χ4n) is 4.60. The number of hydrogen-bond acceptors (Lipinski definition) is 10. The first-order valence-electron chi connectivity index (χ1n) is 14.0. The zero-order valence-corrected chi connectivity index (χ0v) is 24.9. The summed E-state index contributed by atoms with van der Waals surface area (Å²) >= 11 is 0. The Morgan fingerprint density at radius 2 is 2.00 bits per heavy atom. The number of fused-ring (bicyclic) bond motifs is 1. The molecule has 0 unspecified atom stereocenters. The second-order valence-corrected chi connectivity index (χ2v) is 9.74. The van der Waals surface area contributed by atoms with Crippen LogP contribution >= 0.6 is 0 Å². The minimum atomic E-state index is -4.71. The third-order valence-electron chi connectivity index (χ3n) is 6.52. The van der Waals surface area contributed by atoms with Crippen molar-refractivity contribution in [1.29, 1.82) is 0 Å². The summed E-state index contributed by atoms with van der Waals surface area (Å²) < 4.78 is 55.1. The van der Waals surface area contributed by atoms with E-state index < -0.39 is 11.9 Å². The van der Waals surface area contributed by atoms with Crippen LogP contribution in [0.2, 0.25) is 0 Å². The van der Waals surface area contributed by atoms with Gasteiger partial charge in [0.25, 0.3) is 12.4 Å². The Balaban J connectivity index is 0.00000154. The second-order valence-electron chi connectivity index (χ2n) is 9.74. The molecule has 0 fully saturated rings. The lowest BCUT2D eigenvalue weighted by Gasteiger charge is -2.13. The van der Waals surface area contributed by atoms with Crippen molar-refractivity contribution in [2.24, 2.45) is 5.73 Å². The molecular formula is C29H32F3N9O5. The number of rotatable bonds is 12. The molecular weight excluding hydrogens is 611 g/mol. The van der Waals surface area contributed by atoms with Gasteiger partial charge in [-0.1, -0.05) is 12.1 Å². The van der Waals surface area contributed by atoms with Crippen LogP contribution in [-0.4, -0.2) is 73.1 Å². The fourth-order valence-corrected chi connectivity index (χ4v) is 4.60. The Morgan fingerprint density at radius 1 is 1.22 bits per heavy atom. The lowest BCUT2D eigenvalue weighted by molar-refractivity contribution is -0.141. The van der Waals surface area contributed by atoms with Crippen LogP contribution in [0.1, 0.15) is 40.0 Å². The van der Waals surface area contributed by atoms with E-state index in [0.717, 1.165) is 5.56 Å². The number of imidazole rings is 1. The first-order chi connectivity index (χ1) is 22.1. The van der Waals surface area contributed by atoms with Crippen LogP contribution in [0.5, 0.6) is 0 Å². The van der Waals surface area contributed by atoms with E-state index in [1.165, 1.54) is 33.9 Å². The van der Waals surface area contributed by atoms with Crippen molar-refractivity contribution in [2.45, 2.75) is 33.0 Å². The van der Waals surface area contributed by atoms with Gasteiger partial charge < -0.3 is 30.7 Å². The van der Waals surface area contributed by atoms with Gasteiger partial charge in [-0.25, -0.2) is 9.97 Å². The molecule has 0 bridgehead atoms. The number of aromatic nitrogens is 6. The van der Waals surface area contributed by atoms with E-state index in [0.29, 0.717) is 66.9 Å². The number of benzene rings is 1. The quantitative estimate of drug-likeness (QED) is 0.115. The maximum atomic E-state index is 14.0. The molecule has 0 aliphatic rings. The maximum absolute atomic E-state index is 14.0. The SMILES string of the molecule is CCc1cc(Nc2nccn3c(-c4cn(Cc5cc(C)on5)nc4C(F)(F)F)cnc23)ccc1C(=O)NCCOCCN.O=CO. The number of hydrogen-bond donors (Lipinski definition) is 4. The number of anilines is 2. The molecule has 5 rings (SSSR count). The van der Waals surface area contributed by atoms with E-state index in [2.05, 4.69) is 30.9 Å². The predicted octanol–water partition coefficient (Wildman–Crippen LogP) is 3.67. The summed E-state index contributed by atoms with van der Waals surface area (Å²) in [6.07, 6.45) is 1.54. The van der Waals surface area contributed by atoms with Crippen LogP contribution in [0.15, 0.2) is 53.6 Å². The summed E-state index contributed by atoms with van der Waals surface area (Å²) in [6.45, 7) is 4.93. The molecule has 244 valence electrons. The lowest BCUT2D eigenvalue weighted by Crippen LogP contribution is -2.28. The van der Waals surface area contributed by atoms with Crippen molar-refractivity contribution in [3.63, 3.8) is 0 Å². The van der Waals surface area contributed by atoms with E-state index in [4.69, 9.17) is 24.9 Å². The van der Waals surface area contributed by atoms with Crippen LogP contribution < -0.4 is 16.4 Å². The molecule has 0 atom stereocenters. The molecule has 1 aromatic carbocycles.